The molecule has 27 heavy (non-hydrogen) atoms. The maximum Gasteiger partial charge on any atom is 0.231 e. The normalized spacial score (nSPS) is 17.8. The molecule has 0 atom stereocenters. The van der Waals surface area contributed by atoms with E-state index in [1.165, 1.54) is 23.5 Å². The van der Waals surface area contributed by atoms with Crippen LogP contribution in [0.15, 0.2) is 29.6 Å². The second-order valence-corrected chi connectivity index (χ2v) is 8.09. The Bertz CT molecular complexity index is 770. The van der Waals surface area contributed by atoms with E-state index in [0.29, 0.717) is 6.54 Å². The fraction of sp³-hybridized carbons (Fsp3) is 0.500. The summed E-state index contributed by atoms with van der Waals surface area (Å²) in [7, 11) is 0. The summed E-state index contributed by atoms with van der Waals surface area (Å²) in [4.78, 5) is 20.9. The van der Waals surface area contributed by atoms with Gasteiger partial charge in [0.25, 0.3) is 0 Å². The van der Waals surface area contributed by atoms with Crippen molar-refractivity contribution in [2.75, 3.05) is 44.3 Å². The van der Waals surface area contributed by atoms with Gasteiger partial charge in [0, 0.05) is 29.8 Å². The van der Waals surface area contributed by atoms with Crippen molar-refractivity contribution < 1.29 is 18.8 Å². The van der Waals surface area contributed by atoms with Gasteiger partial charge in [0.15, 0.2) is 5.13 Å². The van der Waals surface area contributed by atoms with Crippen LogP contribution in [0.4, 0.5) is 9.52 Å². The van der Waals surface area contributed by atoms with E-state index in [9.17, 15) is 9.18 Å². The fourth-order valence-corrected chi connectivity index (χ4v) is 4.25. The first-order valence-electron chi connectivity index (χ1n) is 9.65. The van der Waals surface area contributed by atoms with E-state index >= 15 is 0 Å². The molecule has 1 aromatic carbocycles. The Balaban J connectivity index is 1.43. The number of halogens is 1. The molecule has 1 aliphatic carbocycles. The molecule has 1 N–H and O–H groups in total. The van der Waals surface area contributed by atoms with Crippen molar-refractivity contribution in [3.8, 4) is 11.3 Å². The highest BCUT2D eigenvalue weighted by Crippen LogP contribution is 2.35. The van der Waals surface area contributed by atoms with Gasteiger partial charge in [0.05, 0.1) is 25.5 Å². The van der Waals surface area contributed by atoms with Gasteiger partial charge < -0.3 is 9.64 Å². The van der Waals surface area contributed by atoms with Crippen LogP contribution in [0.5, 0.6) is 0 Å². The third-order valence-electron chi connectivity index (χ3n) is 5.17. The third-order valence-corrected chi connectivity index (χ3v) is 6.03. The summed E-state index contributed by atoms with van der Waals surface area (Å²) in [6.45, 7) is 5.50. The lowest BCUT2D eigenvalue weighted by atomic mass is 10.2. The van der Waals surface area contributed by atoms with Gasteiger partial charge >= 0.3 is 0 Å². The fourth-order valence-electron chi connectivity index (χ4n) is 3.39. The molecular formula is C20H25FN3O2S+. The molecule has 2 aromatic rings. The number of anilines is 1. The number of hydrogen-bond acceptors (Lipinski definition) is 4. The van der Waals surface area contributed by atoms with E-state index in [-0.39, 0.29) is 17.6 Å². The standard InChI is InChI=1S/C20H24FN3O2S/c21-17-6-4-15(5-7-17)18-14-27-20(22-18)24(19(25)16-2-3-16)9-1-8-23-10-12-26-13-11-23/h4-7,14,16H,1-3,8-13H2/p+1. The zero-order chi connectivity index (χ0) is 18.6. The summed E-state index contributed by atoms with van der Waals surface area (Å²) in [5, 5.41) is 2.70. The number of benzene rings is 1. The summed E-state index contributed by atoms with van der Waals surface area (Å²) in [5.41, 5.74) is 1.66. The lowest BCUT2D eigenvalue weighted by Crippen LogP contribution is -3.14. The number of hydrogen-bond donors (Lipinski definition) is 1. The number of quaternary nitrogens is 1. The first kappa shape index (κ1) is 18.5. The molecule has 1 saturated heterocycles. The highest BCUT2D eigenvalue weighted by molar-refractivity contribution is 7.14. The molecule has 144 valence electrons. The number of carbonyl (C=O) groups excluding carboxylic acids is 1. The molecule has 1 aliphatic heterocycles. The Morgan fingerprint density at radius 1 is 1.26 bits per heavy atom. The second-order valence-electron chi connectivity index (χ2n) is 7.25. The molecule has 7 heteroatoms. The van der Waals surface area contributed by atoms with Crippen LogP contribution in [-0.2, 0) is 9.53 Å². The van der Waals surface area contributed by atoms with Gasteiger partial charge in [-0.2, -0.15) is 0 Å². The van der Waals surface area contributed by atoms with Crippen molar-refractivity contribution >= 4 is 22.4 Å². The van der Waals surface area contributed by atoms with Crippen LogP contribution in [0.3, 0.4) is 0 Å². The predicted octanol–water partition coefficient (Wildman–Crippen LogP) is 2.00. The van der Waals surface area contributed by atoms with Gasteiger partial charge in [-0.1, -0.05) is 0 Å². The van der Waals surface area contributed by atoms with Gasteiger partial charge in [-0.05, 0) is 37.1 Å². The molecule has 1 aromatic heterocycles. The highest BCUT2D eigenvalue weighted by atomic mass is 32.1. The maximum atomic E-state index is 13.1. The zero-order valence-corrected chi connectivity index (χ0v) is 16.1. The number of aromatic nitrogens is 1. The van der Waals surface area contributed by atoms with Gasteiger partial charge in [-0.25, -0.2) is 9.37 Å². The molecule has 5 nitrogen and oxygen atoms in total. The van der Waals surface area contributed by atoms with Crippen molar-refractivity contribution in [1.29, 1.82) is 0 Å². The molecule has 0 spiro atoms. The zero-order valence-electron chi connectivity index (χ0n) is 15.3. The Morgan fingerprint density at radius 3 is 2.70 bits per heavy atom. The Labute approximate surface area is 162 Å². The van der Waals surface area contributed by atoms with E-state index in [4.69, 9.17) is 4.74 Å². The molecule has 0 bridgehead atoms. The van der Waals surface area contributed by atoms with Gasteiger partial charge in [0.2, 0.25) is 5.91 Å². The van der Waals surface area contributed by atoms with Crippen LogP contribution in [0, 0.1) is 11.7 Å². The lowest BCUT2D eigenvalue weighted by Gasteiger charge is -2.25. The first-order valence-corrected chi connectivity index (χ1v) is 10.5. The smallest absolute Gasteiger partial charge is 0.231 e. The van der Waals surface area contributed by atoms with Gasteiger partial charge in [-0.15, -0.1) is 11.3 Å². The minimum atomic E-state index is -0.259. The first-order chi connectivity index (χ1) is 13.2. The summed E-state index contributed by atoms with van der Waals surface area (Å²) < 4.78 is 18.6. The van der Waals surface area contributed by atoms with Gasteiger partial charge in [0.1, 0.15) is 18.9 Å². The number of carbonyl (C=O) groups is 1. The van der Waals surface area contributed by atoms with Crippen molar-refractivity contribution in [3.63, 3.8) is 0 Å². The molecule has 1 amide bonds. The van der Waals surface area contributed by atoms with Gasteiger partial charge in [-0.3, -0.25) is 9.69 Å². The number of rotatable bonds is 7. The number of morpholine rings is 1. The predicted molar refractivity (Wildman–Crippen MR) is 104 cm³/mol. The summed E-state index contributed by atoms with van der Waals surface area (Å²) in [6.07, 6.45) is 2.93. The van der Waals surface area contributed by atoms with Crippen molar-refractivity contribution in [1.82, 2.24) is 4.98 Å². The van der Waals surface area contributed by atoms with Crippen LogP contribution in [0.2, 0.25) is 0 Å². The van der Waals surface area contributed by atoms with Crippen molar-refractivity contribution in [2.45, 2.75) is 19.3 Å². The average molecular weight is 391 g/mol. The summed E-state index contributed by atoms with van der Waals surface area (Å²) in [6, 6.07) is 6.32. The van der Waals surface area contributed by atoms with Crippen LogP contribution in [0.1, 0.15) is 19.3 Å². The average Bonchev–Trinajstić information content (AvgIpc) is 3.44. The SMILES string of the molecule is O=C(C1CC1)N(CCC[NH+]1CCOCC1)c1nc(-c2ccc(F)cc2)cs1. The van der Waals surface area contributed by atoms with E-state index in [0.717, 1.165) is 68.5 Å². The van der Waals surface area contributed by atoms with Crippen LogP contribution >= 0.6 is 11.3 Å². The number of nitrogens with zero attached hydrogens (tertiary/aromatic N) is 2. The molecule has 0 unspecified atom stereocenters. The third kappa shape index (κ3) is 4.72. The van der Waals surface area contributed by atoms with Crippen LogP contribution in [0.25, 0.3) is 11.3 Å². The number of nitrogens with one attached hydrogen (secondary N) is 1. The molecule has 2 fully saturated rings. The summed E-state index contributed by atoms with van der Waals surface area (Å²) in [5.74, 6) is 0.108. The van der Waals surface area contributed by atoms with E-state index < -0.39 is 0 Å². The number of amides is 1. The van der Waals surface area contributed by atoms with Crippen molar-refractivity contribution in [3.05, 3.63) is 35.5 Å². The van der Waals surface area contributed by atoms with Crippen LogP contribution < -0.4 is 9.80 Å². The Hall–Kier alpha value is -1.83. The van der Waals surface area contributed by atoms with E-state index in [1.807, 2.05) is 10.3 Å². The monoisotopic (exact) mass is 390 g/mol. The van der Waals surface area contributed by atoms with Crippen molar-refractivity contribution in [2.24, 2.45) is 5.92 Å². The van der Waals surface area contributed by atoms with Crippen LogP contribution in [-0.4, -0.2) is 50.3 Å². The molecule has 1 saturated carbocycles. The quantitative estimate of drug-likeness (QED) is 0.787. The topological polar surface area (TPSA) is 46.9 Å². The number of ether oxygens (including phenoxy) is 1. The molecule has 0 radical (unpaired) electrons. The summed E-state index contributed by atoms with van der Waals surface area (Å²) >= 11 is 1.49. The highest BCUT2D eigenvalue weighted by Gasteiger charge is 2.35. The molecule has 4 rings (SSSR count). The van der Waals surface area contributed by atoms with E-state index in [2.05, 4.69) is 4.98 Å². The number of thiazole rings is 1. The maximum absolute atomic E-state index is 13.1. The van der Waals surface area contributed by atoms with E-state index in [1.54, 1.807) is 17.0 Å². The molecule has 2 heterocycles. The molecular weight excluding hydrogens is 365 g/mol. The minimum absolute atomic E-state index is 0.166. The lowest BCUT2D eigenvalue weighted by molar-refractivity contribution is -0.908. The second kappa shape index (κ2) is 8.46. The molecule has 2 aliphatic rings. The largest absolute Gasteiger partial charge is 0.370 e. The Morgan fingerprint density at radius 2 is 2.00 bits per heavy atom. The Kier molecular flexibility index (Phi) is 5.80. The minimum Gasteiger partial charge on any atom is -0.370 e.